The van der Waals surface area contributed by atoms with E-state index in [1.54, 1.807) is 6.07 Å². The van der Waals surface area contributed by atoms with Gasteiger partial charge in [-0.05, 0) is 32.0 Å². The van der Waals surface area contributed by atoms with Crippen molar-refractivity contribution in [3.8, 4) is 0 Å². The fourth-order valence-electron chi connectivity index (χ4n) is 2.79. The first-order valence-electron chi connectivity index (χ1n) is 7.12. The van der Waals surface area contributed by atoms with Crippen LogP contribution in [-0.4, -0.2) is 50.9 Å². The predicted octanol–water partition coefficient (Wildman–Crippen LogP) is 0.704. The first-order valence-corrected chi connectivity index (χ1v) is 7.12. The Hall–Kier alpha value is -1.89. The number of nitrogens with one attached hydrogen (secondary N) is 2. The maximum absolute atomic E-state index is 11.4. The standard InChI is InChI=1S/C13H20N6O/c1-18(10-4-2-3-5-10)9-8-14-11-6-7-12-15-16-13(20)19(12)17-11/h6-7,10H,2-5,8-9H2,1H3,(H,14,17)(H,16,20). The van der Waals surface area contributed by atoms with Crippen LogP contribution in [0.4, 0.5) is 5.82 Å². The summed E-state index contributed by atoms with van der Waals surface area (Å²) < 4.78 is 1.27. The molecule has 2 aromatic heterocycles. The molecule has 108 valence electrons. The highest BCUT2D eigenvalue weighted by atomic mass is 16.2. The SMILES string of the molecule is CN(CCNc1ccc2n[nH]c(=O)n2n1)C1CCCC1. The van der Waals surface area contributed by atoms with Crippen molar-refractivity contribution in [1.82, 2.24) is 24.7 Å². The van der Waals surface area contributed by atoms with Crippen molar-refractivity contribution in [1.29, 1.82) is 0 Å². The van der Waals surface area contributed by atoms with E-state index in [0.29, 0.717) is 11.5 Å². The Morgan fingerprint density at radius 1 is 1.45 bits per heavy atom. The number of nitrogens with zero attached hydrogens (tertiary/aromatic N) is 4. The summed E-state index contributed by atoms with van der Waals surface area (Å²) in [6, 6.07) is 4.34. The van der Waals surface area contributed by atoms with Crippen LogP contribution in [0.15, 0.2) is 16.9 Å². The molecule has 0 aromatic carbocycles. The summed E-state index contributed by atoms with van der Waals surface area (Å²) in [5.74, 6) is 0.695. The summed E-state index contributed by atoms with van der Waals surface area (Å²) in [5, 5.41) is 13.7. The number of anilines is 1. The molecule has 1 saturated carbocycles. The molecule has 0 saturated heterocycles. The second-order valence-corrected chi connectivity index (χ2v) is 5.36. The van der Waals surface area contributed by atoms with E-state index in [4.69, 9.17) is 0 Å². The molecule has 0 atom stereocenters. The summed E-state index contributed by atoms with van der Waals surface area (Å²) in [7, 11) is 2.18. The molecule has 7 nitrogen and oxygen atoms in total. The third-order valence-electron chi connectivity index (χ3n) is 3.99. The molecule has 1 aliphatic carbocycles. The van der Waals surface area contributed by atoms with Crippen molar-refractivity contribution >= 4 is 11.5 Å². The molecular formula is C13H20N6O. The van der Waals surface area contributed by atoms with Crippen LogP contribution in [-0.2, 0) is 0 Å². The van der Waals surface area contributed by atoms with Gasteiger partial charge in [0.1, 0.15) is 5.82 Å². The maximum Gasteiger partial charge on any atom is 0.364 e. The largest absolute Gasteiger partial charge is 0.367 e. The van der Waals surface area contributed by atoms with Gasteiger partial charge < -0.3 is 10.2 Å². The molecule has 20 heavy (non-hydrogen) atoms. The molecule has 0 radical (unpaired) electrons. The van der Waals surface area contributed by atoms with E-state index >= 15 is 0 Å². The van der Waals surface area contributed by atoms with Crippen LogP contribution < -0.4 is 11.0 Å². The second kappa shape index (κ2) is 5.62. The van der Waals surface area contributed by atoms with Gasteiger partial charge in [-0.25, -0.2) is 9.89 Å². The van der Waals surface area contributed by atoms with Crippen LogP contribution in [0.3, 0.4) is 0 Å². The molecular weight excluding hydrogens is 256 g/mol. The first kappa shape index (κ1) is 13.1. The molecule has 1 aliphatic rings. The Bertz CT molecular complexity index is 627. The number of fused-ring (bicyclic) bond motifs is 1. The third-order valence-corrected chi connectivity index (χ3v) is 3.99. The zero-order chi connectivity index (χ0) is 13.9. The van der Waals surface area contributed by atoms with Gasteiger partial charge in [-0.3, -0.25) is 0 Å². The van der Waals surface area contributed by atoms with Crippen LogP contribution in [0, 0.1) is 0 Å². The van der Waals surface area contributed by atoms with Gasteiger partial charge in [0.2, 0.25) is 0 Å². The van der Waals surface area contributed by atoms with Crippen LogP contribution >= 0.6 is 0 Å². The van der Waals surface area contributed by atoms with Crippen LogP contribution in [0.5, 0.6) is 0 Å². The monoisotopic (exact) mass is 276 g/mol. The van der Waals surface area contributed by atoms with E-state index < -0.39 is 0 Å². The zero-order valence-electron chi connectivity index (χ0n) is 11.7. The van der Waals surface area contributed by atoms with Gasteiger partial charge in [0.25, 0.3) is 0 Å². The fraction of sp³-hybridized carbons (Fsp3) is 0.615. The van der Waals surface area contributed by atoms with E-state index in [0.717, 1.165) is 19.1 Å². The highest BCUT2D eigenvalue weighted by molar-refractivity contribution is 5.42. The summed E-state index contributed by atoms with van der Waals surface area (Å²) in [6.07, 6.45) is 5.32. The van der Waals surface area contributed by atoms with E-state index in [2.05, 4.69) is 32.6 Å². The fourth-order valence-corrected chi connectivity index (χ4v) is 2.79. The lowest BCUT2D eigenvalue weighted by atomic mass is 10.2. The Balaban J connectivity index is 1.56. The summed E-state index contributed by atoms with van der Waals surface area (Å²) >= 11 is 0. The van der Waals surface area contributed by atoms with Crippen molar-refractivity contribution in [3.05, 3.63) is 22.6 Å². The average Bonchev–Trinajstić information content (AvgIpc) is 3.09. The minimum absolute atomic E-state index is 0.313. The normalized spacial score (nSPS) is 16.3. The molecule has 1 fully saturated rings. The summed E-state index contributed by atoms with van der Waals surface area (Å²) in [6.45, 7) is 1.79. The molecule has 2 aromatic rings. The molecule has 0 bridgehead atoms. The second-order valence-electron chi connectivity index (χ2n) is 5.36. The van der Waals surface area contributed by atoms with E-state index in [-0.39, 0.29) is 5.69 Å². The first-order chi connectivity index (χ1) is 9.74. The van der Waals surface area contributed by atoms with Gasteiger partial charge in [-0.2, -0.15) is 9.61 Å². The number of rotatable bonds is 5. The molecule has 0 amide bonds. The van der Waals surface area contributed by atoms with E-state index in [1.807, 2.05) is 6.07 Å². The molecule has 0 spiro atoms. The minimum Gasteiger partial charge on any atom is -0.367 e. The molecule has 0 aliphatic heterocycles. The van der Waals surface area contributed by atoms with Crippen molar-refractivity contribution in [3.63, 3.8) is 0 Å². The topological polar surface area (TPSA) is 78.3 Å². The number of likely N-dealkylation sites (N-methyl/N-ethyl adjacent to an activating group) is 1. The average molecular weight is 276 g/mol. The summed E-state index contributed by atoms with van der Waals surface area (Å²) in [5.41, 5.74) is 0.218. The quantitative estimate of drug-likeness (QED) is 0.840. The van der Waals surface area contributed by atoms with Gasteiger partial charge in [0.15, 0.2) is 5.65 Å². The number of H-pyrrole nitrogens is 1. The minimum atomic E-state index is -0.313. The molecule has 2 N–H and O–H groups in total. The molecule has 7 heteroatoms. The van der Waals surface area contributed by atoms with Gasteiger partial charge >= 0.3 is 5.69 Å². The van der Waals surface area contributed by atoms with Crippen molar-refractivity contribution in [2.45, 2.75) is 31.7 Å². The Morgan fingerprint density at radius 3 is 3.05 bits per heavy atom. The highest BCUT2D eigenvalue weighted by Crippen LogP contribution is 2.21. The predicted molar refractivity (Wildman–Crippen MR) is 77.0 cm³/mol. The lowest BCUT2D eigenvalue weighted by Crippen LogP contribution is -2.33. The third kappa shape index (κ3) is 2.67. The highest BCUT2D eigenvalue weighted by Gasteiger charge is 2.18. The van der Waals surface area contributed by atoms with Crippen LogP contribution in [0.25, 0.3) is 5.65 Å². The van der Waals surface area contributed by atoms with Crippen LogP contribution in [0.1, 0.15) is 25.7 Å². The van der Waals surface area contributed by atoms with Gasteiger partial charge in [0.05, 0.1) is 0 Å². The van der Waals surface area contributed by atoms with E-state index in [9.17, 15) is 4.79 Å². The number of aromatic amines is 1. The lowest BCUT2D eigenvalue weighted by molar-refractivity contribution is 0.254. The Morgan fingerprint density at radius 2 is 2.25 bits per heavy atom. The van der Waals surface area contributed by atoms with Crippen molar-refractivity contribution in [2.75, 3.05) is 25.5 Å². The molecule has 3 rings (SSSR count). The summed E-state index contributed by atoms with van der Waals surface area (Å²) in [4.78, 5) is 13.8. The molecule has 2 heterocycles. The maximum atomic E-state index is 11.4. The number of aromatic nitrogens is 4. The van der Waals surface area contributed by atoms with Crippen LogP contribution in [0.2, 0.25) is 0 Å². The van der Waals surface area contributed by atoms with E-state index in [1.165, 1.54) is 30.2 Å². The van der Waals surface area contributed by atoms with Crippen molar-refractivity contribution in [2.24, 2.45) is 0 Å². The zero-order valence-corrected chi connectivity index (χ0v) is 11.7. The lowest BCUT2D eigenvalue weighted by Gasteiger charge is -2.23. The molecule has 0 unspecified atom stereocenters. The van der Waals surface area contributed by atoms with Gasteiger partial charge in [-0.15, -0.1) is 5.10 Å². The number of hydrogen-bond acceptors (Lipinski definition) is 5. The number of hydrogen-bond donors (Lipinski definition) is 2. The Kier molecular flexibility index (Phi) is 3.68. The Labute approximate surface area is 117 Å². The van der Waals surface area contributed by atoms with Gasteiger partial charge in [-0.1, -0.05) is 12.8 Å². The smallest absolute Gasteiger partial charge is 0.364 e. The van der Waals surface area contributed by atoms with Crippen molar-refractivity contribution < 1.29 is 0 Å². The van der Waals surface area contributed by atoms with Gasteiger partial charge in [0, 0.05) is 19.1 Å².